The Bertz CT molecular complexity index is 1310. The molecule has 0 fully saturated rings. The number of rotatable bonds is 7. The lowest BCUT2D eigenvalue weighted by Crippen LogP contribution is -2.26. The number of carbonyl (C=O) groups is 2. The van der Waals surface area contributed by atoms with Gasteiger partial charge in [0.25, 0.3) is 11.5 Å². The van der Waals surface area contributed by atoms with Crippen LogP contribution in [0.5, 0.6) is 0 Å². The normalized spacial score (nSPS) is 10.8. The zero-order chi connectivity index (χ0) is 21.8. The second-order valence-electron chi connectivity index (χ2n) is 7.00. The molecule has 9 nitrogen and oxygen atoms in total. The molecule has 4 aromatic rings. The van der Waals surface area contributed by atoms with Crippen LogP contribution in [-0.2, 0) is 11.3 Å². The number of nitrogens with one attached hydrogen (secondary N) is 2. The molecule has 2 aromatic carbocycles. The summed E-state index contributed by atoms with van der Waals surface area (Å²) < 4.78 is 1.35. The molecule has 0 radical (unpaired) electrons. The average molecular weight is 417 g/mol. The molecule has 4 rings (SSSR count). The van der Waals surface area contributed by atoms with E-state index in [-0.39, 0.29) is 31.0 Å². The predicted molar refractivity (Wildman–Crippen MR) is 114 cm³/mol. The van der Waals surface area contributed by atoms with Crippen molar-refractivity contribution < 1.29 is 14.7 Å². The van der Waals surface area contributed by atoms with Crippen molar-refractivity contribution in [2.24, 2.45) is 0 Å². The van der Waals surface area contributed by atoms with Gasteiger partial charge in [-0.05, 0) is 29.3 Å². The molecule has 2 heterocycles. The zero-order valence-corrected chi connectivity index (χ0v) is 16.4. The van der Waals surface area contributed by atoms with Crippen molar-refractivity contribution in [3.63, 3.8) is 0 Å². The van der Waals surface area contributed by atoms with E-state index in [1.165, 1.54) is 4.68 Å². The van der Waals surface area contributed by atoms with Crippen LogP contribution in [0.15, 0.2) is 65.8 Å². The van der Waals surface area contributed by atoms with Crippen LogP contribution in [0.1, 0.15) is 22.3 Å². The summed E-state index contributed by atoms with van der Waals surface area (Å²) in [5, 5.41) is 23.5. The van der Waals surface area contributed by atoms with Crippen LogP contribution >= 0.6 is 0 Å². The van der Waals surface area contributed by atoms with Crippen LogP contribution in [0.25, 0.3) is 21.9 Å². The number of benzene rings is 2. The summed E-state index contributed by atoms with van der Waals surface area (Å²) in [7, 11) is 0. The highest BCUT2D eigenvalue weighted by Crippen LogP contribution is 2.21. The van der Waals surface area contributed by atoms with Gasteiger partial charge in [-0.2, -0.15) is 10.2 Å². The highest BCUT2D eigenvalue weighted by Gasteiger charge is 2.10. The van der Waals surface area contributed by atoms with Crippen LogP contribution in [0, 0.1) is 0 Å². The molecule has 0 aliphatic heterocycles. The van der Waals surface area contributed by atoms with Crippen LogP contribution < -0.4 is 10.9 Å². The van der Waals surface area contributed by atoms with E-state index in [2.05, 4.69) is 20.6 Å². The van der Waals surface area contributed by atoms with Gasteiger partial charge in [0.15, 0.2) is 0 Å². The van der Waals surface area contributed by atoms with Crippen molar-refractivity contribution in [3.8, 4) is 11.1 Å². The number of aromatic nitrogens is 4. The molecule has 0 aliphatic rings. The molecular formula is C22H19N5O4. The summed E-state index contributed by atoms with van der Waals surface area (Å²) in [5.74, 6) is -1.35. The Balaban J connectivity index is 1.58. The van der Waals surface area contributed by atoms with Crippen molar-refractivity contribution in [1.82, 2.24) is 25.3 Å². The molecule has 0 bridgehead atoms. The number of hydrogen-bond acceptors (Lipinski definition) is 5. The fourth-order valence-corrected chi connectivity index (χ4v) is 3.25. The van der Waals surface area contributed by atoms with Crippen molar-refractivity contribution >= 4 is 22.6 Å². The fraction of sp³-hybridized carbons (Fsp3) is 0.136. The monoisotopic (exact) mass is 417 g/mol. The quantitative estimate of drug-likeness (QED) is 0.422. The molecule has 0 saturated heterocycles. The lowest BCUT2D eigenvalue weighted by atomic mass is 10.1. The van der Waals surface area contributed by atoms with Crippen LogP contribution in [0.3, 0.4) is 0 Å². The number of hydrogen-bond donors (Lipinski definition) is 3. The summed E-state index contributed by atoms with van der Waals surface area (Å²) in [5.41, 5.74) is 2.63. The molecule has 0 unspecified atom stereocenters. The summed E-state index contributed by atoms with van der Waals surface area (Å²) in [6.07, 6.45) is 4.93. The minimum absolute atomic E-state index is 0.0447. The van der Waals surface area contributed by atoms with E-state index < -0.39 is 5.97 Å². The Hall–Kier alpha value is -4.27. The maximum absolute atomic E-state index is 13.0. The molecular weight excluding hydrogens is 398 g/mol. The van der Waals surface area contributed by atoms with Crippen LogP contribution in [0.2, 0.25) is 0 Å². The Labute approximate surface area is 176 Å². The number of amides is 1. The summed E-state index contributed by atoms with van der Waals surface area (Å²) in [4.78, 5) is 35.8. The second kappa shape index (κ2) is 8.62. The van der Waals surface area contributed by atoms with E-state index in [1.54, 1.807) is 42.9 Å². The third kappa shape index (κ3) is 4.50. The fourth-order valence-electron chi connectivity index (χ4n) is 3.25. The number of aromatic amines is 1. The van der Waals surface area contributed by atoms with Crippen molar-refractivity contribution in [1.29, 1.82) is 0 Å². The molecule has 0 saturated carbocycles. The van der Waals surface area contributed by atoms with E-state index in [0.717, 1.165) is 22.1 Å². The van der Waals surface area contributed by atoms with Gasteiger partial charge >= 0.3 is 5.97 Å². The lowest BCUT2D eigenvalue weighted by Gasteiger charge is -2.09. The van der Waals surface area contributed by atoms with Gasteiger partial charge < -0.3 is 10.4 Å². The highest BCUT2D eigenvalue weighted by atomic mass is 16.4. The van der Waals surface area contributed by atoms with Gasteiger partial charge in [-0.15, -0.1) is 0 Å². The molecule has 0 spiro atoms. The Morgan fingerprint density at radius 1 is 1.10 bits per heavy atom. The number of carboxylic acid groups (broad SMARTS) is 1. The average Bonchev–Trinajstić information content (AvgIpc) is 3.30. The molecule has 31 heavy (non-hydrogen) atoms. The number of nitrogens with zero attached hydrogens (tertiary/aromatic N) is 3. The summed E-state index contributed by atoms with van der Waals surface area (Å²) in [6, 6.07) is 12.4. The standard InChI is InChI=1S/C22H19N5O4/c28-20(29)6-7-23-21(30)16-3-1-2-14(8-16)13-27-22(31)19-9-15(18-10-24-25-11-18)4-5-17(19)12-26-27/h1-5,8-12H,6-7,13H2,(H,23,30)(H,24,25)(H,28,29). The van der Waals surface area contributed by atoms with Crippen molar-refractivity contribution in [2.45, 2.75) is 13.0 Å². The number of H-pyrrole nitrogens is 1. The highest BCUT2D eigenvalue weighted by molar-refractivity contribution is 5.94. The van der Waals surface area contributed by atoms with E-state index in [1.807, 2.05) is 18.2 Å². The van der Waals surface area contributed by atoms with E-state index in [4.69, 9.17) is 5.11 Å². The first-order chi connectivity index (χ1) is 15.0. The molecule has 0 atom stereocenters. The Morgan fingerprint density at radius 2 is 1.97 bits per heavy atom. The largest absolute Gasteiger partial charge is 0.481 e. The Morgan fingerprint density at radius 3 is 2.74 bits per heavy atom. The van der Waals surface area contributed by atoms with Gasteiger partial charge in [-0.1, -0.05) is 24.3 Å². The van der Waals surface area contributed by atoms with Gasteiger partial charge in [0.2, 0.25) is 0 Å². The maximum atomic E-state index is 13.0. The van der Waals surface area contributed by atoms with E-state index in [0.29, 0.717) is 10.9 Å². The number of carboxylic acids is 1. The third-order valence-corrected chi connectivity index (χ3v) is 4.83. The van der Waals surface area contributed by atoms with Crippen molar-refractivity contribution in [2.75, 3.05) is 6.54 Å². The smallest absolute Gasteiger partial charge is 0.305 e. The van der Waals surface area contributed by atoms with E-state index >= 15 is 0 Å². The lowest BCUT2D eigenvalue weighted by molar-refractivity contribution is -0.136. The number of aliphatic carboxylic acids is 1. The number of fused-ring (bicyclic) bond motifs is 1. The van der Waals surface area contributed by atoms with Crippen molar-refractivity contribution in [3.05, 3.63) is 82.5 Å². The first kappa shape index (κ1) is 20.0. The summed E-state index contributed by atoms with van der Waals surface area (Å²) in [6.45, 7) is 0.240. The van der Waals surface area contributed by atoms with Crippen LogP contribution in [-0.4, -0.2) is 43.5 Å². The van der Waals surface area contributed by atoms with E-state index in [9.17, 15) is 14.4 Å². The molecule has 9 heteroatoms. The topological polar surface area (TPSA) is 130 Å². The first-order valence-corrected chi connectivity index (χ1v) is 9.59. The predicted octanol–water partition coefficient (Wildman–Crippen LogP) is 2.04. The van der Waals surface area contributed by atoms with Gasteiger partial charge in [0.1, 0.15) is 0 Å². The third-order valence-electron chi connectivity index (χ3n) is 4.83. The minimum Gasteiger partial charge on any atom is -0.481 e. The first-order valence-electron chi connectivity index (χ1n) is 9.59. The second-order valence-corrected chi connectivity index (χ2v) is 7.00. The minimum atomic E-state index is -0.980. The molecule has 2 aromatic heterocycles. The molecule has 3 N–H and O–H groups in total. The molecule has 0 aliphatic carbocycles. The van der Waals surface area contributed by atoms with Gasteiger partial charge in [0.05, 0.1) is 30.7 Å². The molecule has 156 valence electrons. The van der Waals surface area contributed by atoms with Gasteiger partial charge in [-0.25, -0.2) is 4.68 Å². The summed E-state index contributed by atoms with van der Waals surface area (Å²) >= 11 is 0. The van der Waals surface area contributed by atoms with Crippen LogP contribution in [0.4, 0.5) is 0 Å². The molecule has 1 amide bonds. The Kier molecular flexibility index (Phi) is 5.57. The zero-order valence-electron chi connectivity index (χ0n) is 16.4. The SMILES string of the molecule is O=C(O)CCNC(=O)c1cccc(Cn2ncc3ccc(-c4cn[nH]c4)cc3c2=O)c1. The number of carbonyl (C=O) groups excluding carboxylic acids is 1. The maximum Gasteiger partial charge on any atom is 0.305 e. The van der Waals surface area contributed by atoms with Gasteiger partial charge in [0, 0.05) is 29.3 Å². The van der Waals surface area contributed by atoms with Gasteiger partial charge in [-0.3, -0.25) is 19.5 Å².